The molecule has 442 valence electrons. The first-order valence-electron chi connectivity index (χ1n) is 32.7. The first kappa shape index (κ1) is 73.3. The van der Waals surface area contributed by atoms with Gasteiger partial charge in [0.25, 0.3) is 0 Å². The summed E-state index contributed by atoms with van der Waals surface area (Å²) in [6.45, 7) is 6.42. The Balaban J connectivity index is 4.30. The topological polar surface area (TPSA) is 78.9 Å². The first-order valence-corrected chi connectivity index (χ1v) is 32.7. The van der Waals surface area contributed by atoms with Crippen LogP contribution in [-0.4, -0.2) is 37.2 Å². The molecule has 0 rings (SSSR count). The van der Waals surface area contributed by atoms with Crippen LogP contribution in [-0.2, 0) is 28.6 Å². The van der Waals surface area contributed by atoms with Crippen molar-refractivity contribution < 1.29 is 28.6 Å². The third-order valence-electron chi connectivity index (χ3n) is 14.1. The largest absolute Gasteiger partial charge is 0.462 e. The van der Waals surface area contributed by atoms with Gasteiger partial charge < -0.3 is 14.2 Å². The van der Waals surface area contributed by atoms with E-state index in [0.29, 0.717) is 19.3 Å². The van der Waals surface area contributed by atoms with Crippen LogP contribution < -0.4 is 0 Å². The Bertz CT molecular complexity index is 1510. The summed E-state index contributed by atoms with van der Waals surface area (Å²) >= 11 is 0. The second-order valence-electron chi connectivity index (χ2n) is 21.6. The molecule has 6 nitrogen and oxygen atoms in total. The molecule has 0 N–H and O–H groups in total. The Morgan fingerprint density at radius 2 is 0.506 bits per heavy atom. The van der Waals surface area contributed by atoms with Gasteiger partial charge in [0.1, 0.15) is 13.2 Å². The van der Waals surface area contributed by atoms with Crippen molar-refractivity contribution in [2.45, 2.75) is 322 Å². The minimum atomic E-state index is -0.788. The summed E-state index contributed by atoms with van der Waals surface area (Å²) < 4.78 is 16.9. The second kappa shape index (κ2) is 64.9. The van der Waals surface area contributed by atoms with Crippen molar-refractivity contribution in [3.05, 3.63) is 97.2 Å². The Morgan fingerprint density at radius 1 is 0.273 bits per heavy atom. The van der Waals surface area contributed by atoms with Crippen LogP contribution in [0.5, 0.6) is 0 Å². The first-order chi connectivity index (χ1) is 38.0. The smallest absolute Gasteiger partial charge is 0.306 e. The number of carbonyl (C=O) groups is 3. The highest BCUT2D eigenvalue weighted by Gasteiger charge is 2.19. The summed E-state index contributed by atoms with van der Waals surface area (Å²) in [5.74, 6) is -0.894. The molecule has 0 aromatic rings. The molecule has 0 aromatic heterocycles. The maximum Gasteiger partial charge on any atom is 0.306 e. The van der Waals surface area contributed by atoms with Gasteiger partial charge in [0.05, 0.1) is 0 Å². The third kappa shape index (κ3) is 63.0. The van der Waals surface area contributed by atoms with Crippen molar-refractivity contribution in [3.8, 4) is 0 Å². The van der Waals surface area contributed by atoms with Crippen molar-refractivity contribution in [1.82, 2.24) is 0 Å². The molecule has 6 heteroatoms. The van der Waals surface area contributed by atoms with Gasteiger partial charge in [-0.1, -0.05) is 279 Å². The molecule has 0 saturated carbocycles. The predicted octanol–water partition coefficient (Wildman–Crippen LogP) is 22.4. The fourth-order valence-electron chi connectivity index (χ4n) is 9.21. The lowest BCUT2D eigenvalue weighted by Crippen LogP contribution is -2.30. The molecule has 0 aromatic carbocycles. The minimum Gasteiger partial charge on any atom is -0.462 e. The van der Waals surface area contributed by atoms with Crippen LogP contribution in [0.2, 0.25) is 0 Å². The van der Waals surface area contributed by atoms with E-state index in [9.17, 15) is 14.4 Å². The van der Waals surface area contributed by atoms with Crippen LogP contribution in [0.1, 0.15) is 316 Å². The van der Waals surface area contributed by atoms with Crippen LogP contribution in [0.25, 0.3) is 0 Å². The van der Waals surface area contributed by atoms with Gasteiger partial charge in [-0.15, -0.1) is 0 Å². The average molecular weight is 1070 g/mol. The zero-order valence-corrected chi connectivity index (χ0v) is 50.7. The second-order valence-corrected chi connectivity index (χ2v) is 21.6. The number of unbranched alkanes of at least 4 members (excludes halogenated alkanes) is 32. The summed E-state index contributed by atoms with van der Waals surface area (Å²) in [6.07, 6.45) is 87.0. The standard InChI is InChI=1S/C71H122O6/c1-4-7-10-13-16-19-22-25-28-30-31-32-33-34-35-36-37-38-39-41-43-46-49-52-55-58-61-64-70(73)76-67-68(66-75-69(72)63-60-57-54-51-48-45-42-27-24-21-18-15-12-9-6-3)77-71(74)65-62-59-56-53-50-47-44-40-29-26-23-20-17-14-11-8-5-2/h7,9-10,12,16,18-19,21,25-29,31-32,42,68H,4-6,8,11,13-15,17,20,22-24,30,33-41,43-67H2,1-3H3/b10-7-,12-9-,19-16-,21-18-,28-25-,29-26-,32-31-,42-27-. The van der Waals surface area contributed by atoms with E-state index in [2.05, 4.69) is 118 Å². The lowest BCUT2D eigenvalue weighted by Gasteiger charge is -2.18. The molecule has 0 fully saturated rings. The average Bonchev–Trinajstić information content (AvgIpc) is 3.43. The molecule has 0 heterocycles. The summed E-state index contributed by atoms with van der Waals surface area (Å²) in [6, 6.07) is 0. The SMILES string of the molecule is CC/C=C\C/C=C\C/C=C\C/C=C\CCCCCCCCCCCCCCCCC(=O)OCC(COC(=O)CCCCCCC/C=C\C/C=C\C/C=C\CC)OC(=O)CCCCCCCCC/C=C\CCCCCCCC. The highest BCUT2D eigenvalue weighted by Crippen LogP contribution is 2.16. The quantitative estimate of drug-likeness (QED) is 0.0261. The molecule has 0 spiro atoms. The van der Waals surface area contributed by atoms with E-state index < -0.39 is 6.10 Å². The van der Waals surface area contributed by atoms with E-state index in [1.54, 1.807) is 0 Å². The summed E-state index contributed by atoms with van der Waals surface area (Å²) in [5.41, 5.74) is 0. The van der Waals surface area contributed by atoms with Gasteiger partial charge in [-0.25, -0.2) is 0 Å². The number of carbonyl (C=O) groups excluding carboxylic acids is 3. The van der Waals surface area contributed by atoms with Gasteiger partial charge in [0.15, 0.2) is 6.10 Å². The molecule has 77 heavy (non-hydrogen) atoms. The lowest BCUT2D eigenvalue weighted by molar-refractivity contribution is -0.167. The summed E-state index contributed by atoms with van der Waals surface area (Å²) in [5, 5.41) is 0. The fourth-order valence-corrected chi connectivity index (χ4v) is 9.21. The Morgan fingerprint density at radius 3 is 0.805 bits per heavy atom. The van der Waals surface area contributed by atoms with Gasteiger partial charge in [0.2, 0.25) is 0 Å². The molecular weight excluding hydrogens is 949 g/mol. The normalized spacial score (nSPS) is 12.7. The van der Waals surface area contributed by atoms with Gasteiger partial charge in [0, 0.05) is 19.3 Å². The van der Waals surface area contributed by atoms with Crippen molar-refractivity contribution in [2.24, 2.45) is 0 Å². The number of hydrogen-bond donors (Lipinski definition) is 0. The van der Waals surface area contributed by atoms with E-state index in [4.69, 9.17) is 14.2 Å². The maximum atomic E-state index is 12.9. The van der Waals surface area contributed by atoms with E-state index >= 15 is 0 Å². The highest BCUT2D eigenvalue weighted by molar-refractivity contribution is 5.71. The van der Waals surface area contributed by atoms with Crippen LogP contribution >= 0.6 is 0 Å². The van der Waals surface area contributed by atoms with Gasteiger partial charge >= 0.3 is 17.9 Å². The fraction of sp³-hybridized carbons (Fsp3) is 0.732. The minimum absolute atomic E-state index is 0.0835. The van der Waals surface area contributed by atoms with Crippen LogP contribution in [0, 0.1) is 0 Å². The molecule has 0 radical (unpaired) electrons. The number of allylic oxidation sites excluding steroid dienone is 16. The van der Waals surface area contributed by atoms with Gasteiger partial charge in [-0.05, 0) is 116 Å². The number of hydrogen-bond acceptors (Lipinski definition) is 6. The third-order valence-corrected chi connectivity index (χ3v) is 14.1. The molecule has 0 aliphatic carbocycles. The molecule has 1 unspecified atom stereocenters. The van der Waals surface area contributed by atoms with Crippen molar-refractivity contribution in [2.75, 3.05) is 13.2 Å². The number of rotatable bonds is 59. The molecule has 1 atom stereocenters. The number of esters is 3. The van der Waals surface area contributed by atoms with E-state index in [0.717, 1.165) is 122 Å². The van der Waals surface area contributed by atoms with E-state index in [1.165, 1.54) is 154 Å². The monoisotopic (exact) mass is 1070 g/mol. The van der Waals surface area contributed by atoms with Crippen molar-refractivity contribution >= 4 is 17.9 Å². The molecule has 0 saturated heterocycles. The zero-order valence-electron chi connectivity index (χ0n) is 50.7. The molecule has 0 amide bonds. The number of ether oxygens (including phenoxy) is 3. The molecule has 0 aliphatic rings. The lowest BCUT2D eigenvalue weighted by atomic mass is 10.0. The molecule has 0 aliphatic heterocycles. The maximum absolute atomic E-state index is 12.9. The van der Waals surface area contributed by atoms with Crippen LogP contribution in [0.15, 0.2) is 97.2 Å². The Hall–Kier alpha value is -3.67. The van der Waals surface area contributed by atoms with Gasteiger partial charge in [-0.2, -0.15) is 0 Å². The van der Waals surface area contributed by atoms with Gasteiger partial charge in [-0.3, -0.25) is 14.4 Å². The van der Waals surface area contributed by atoms with Crippen LogP contribution in [0.4, 0.5) is 0 Å². The highest BCUT2D eigenvalue weighted by atomic mass is 16.6. The van der Waals surface area contributed by atoms with Crippen LogP contribution in [0.3, 0.4) is 0 Å². The van der Waals surface area contributed by atoms with Crippen molar-refractivity contribution in [1.29, 1.82) is 0 Å². The van der Waals surface area contributed by atoms with E-state index in [1.807, 2.05) is 0 Å². The summed E-state index contributed by atoms with van der Waals surface area (Å²) in [4.78, 5) is 38.3. The molecular formula is C71H122O6. The Labute approximate surface area is 477 Å². The van der Waals surface area contributed by atoms with Crippen molar-refractivity contribution in [3.63, 3.8) is 0 Å². The molecule has 0 bridgehead atoms. The zero-order chi connectivity index (χ0) is 55.7. The van der Waals surface area contributed by atoms with E-state index in [-0.39, 0.29) is 31.1 Å². The Kier molecular flexibility index (Phi) is 61.8. The summed E-state index contributed by atoms with van der Waals surface area (Å²) in [7, 11) is 0. The predicted molar refractivity (Wildman–Crippen MR) is 334 cm³/mol.